The summed E-state index contributed by atoms with van der Waals surface area (Å²) < 4.78 is 25.2. The molecule has 1 aliphatic rings. The van der Waals surface area contributed by atoms with E-state index in [9.17, 15) is 18.3 Å². The van der Waals surface area contributed by atoms with E-state index in [0.29, 0.717) is 36.5 Å². The first-order valence-electron chi connectivity index (χ1n) is 12.9. The summed E-state index contributed by atoms with van der Waals surface area (Å²) in [6, 6.07) is 3.34. The number of fused-ring (bicyclic) bond motifs is 2. The van der Waals surface area contributed by atoms with Gasteiger partial charge in [0, 0.05) is 38.6 Å². The van der Waals surface area contributed by atoms with Crippen molar-refractivity contribution in [1.29, 1.82) is 0 Å². The van der Waals surface area contributed by atoms with Gasteiger partial charge in [-0.05, 0) is 56.7 Å². The molecule has 1 unspecified atom stereocenters. The number of hydrogen-bond donors (Lipinski definition) is 3. The van der Waals surface area contributed by atoms with Gasteiger partial charge in [0.15, 0.2) is 5.65 Å². The molecule has 1 aliphatic heterocycles. The number of hydrogen-bond acceptors (Lipinski definition) is 10. The lowest BCUT2D eigenvalue weighted by Crippen LogP contribution is -2.37. The van der Waals surface area contributed by atoms with Crippen LogP contribution in [0.15, 0.2) is 24.7 Å². The average Bonchev–Trinajstić information content (AvgIpc) is 3.27. The number of carboxylic acid groups (broad SMARTS) is 1. The Morgan fingerprint density at radius 1 is 1.24 bits per heavy atom. The molecule has 3 aromatic heterocycles. The van der Waals surface area contributed by atoms with Crippen molar-refractivity contribution in [3.05, 3.63) is 35.9 Å². The molecule has 0 amide bonds. The summed E-state index contributed by atoms with van der Waals surface area (Å²) in [7, 11) is -1.39. The normalized spacial score (nSPS) is 14.3. The lowest BCUT2D eigenvalue weighted by Gasteiger charge is -2.24. The van der Waals surface area contributed by atoms with Crippen molar-refractivity contribution < 1.29 is 18.3 Å². The molecule has 4 rings (SSSR count). The van der Waals surface area contributed by atoms with Gasteiger partial charge in [-0.15, -0.1) is 0 Å². The quantitative estimate of drug-likeness (QED) is 0.254. The Hall–Kier alpha value is -3.32. The van der Waals surface area contributed by atoms with E-state index in [1.54, 1.807) is 17.9 Å². The van der Waals surface area contributed by atoms with Gasteiger partial charge in [0.25, 0.3) is 0 Å². The van der Waals surface area contributed by atoms with Crippen LogP contribution in [-0.4, -0.2) is 93.4 Å². The van der Waals surface area contributed by atoms with Crippen molar-refractivity contribution in [2.24, 2.45) is 7.05 Å². The summed E-state index contributed by atoms with van der Waals surface area (Å²) in [5.74, 6) is 0.419. The number of carbonyl (C=O) groups is 1. The largest absolute Gasteiger partial charge is 0.480 e. The molecule has 0 aliphatic carbocycles. The van der Waals surface area contributed by atoms with Gasteiger partial charge in [0.05, 0.1) is 17.3 Å². The lowest BCUT2D eigenvalue weighted by atomic mass is 10.1. The van der Waals surface area contributed by atoms with Crippen LogP contribution in [0.5, 0.6) is 0 Å². The third-order valence-electron chi connectivity index (χ3n) is 6.76. The predicted octanol–water partition coefficient (Wildman–Crippen LogP) is 1.74. The van der Waals surface area contributed by atoms with Gasteiger partial charge in [0.1, 0.15) is 33.8 Å². The molecule has 0 spiro atoms. The lowest BCUT2D eigenvalue weighted by molar-refractivity contribution is -0.138. The molecule has 0 bridgehead atoms. The van der Waals surface area contributed by atoms with Gasteiger partial charge in [0.2, 0.25) is 0 Å². The van der Waals surface area contributed by atoms with Crippen LogP contribution in [0.2, 0.25) is 0 Å². The maximum absolute atomic E-state index is 12.0. The fourth-order valence-corrected chi connectivity index (χ4v) is 5.18. The molecular weight excluding hydrogens is 508 g/mol. The van der Waals surface area contributed by atoms with E-state index in [-0.39, 0.29) is 12.2 Å². The highest BCUT2D eigenvalue weighted by molar-refractivity contribution is 7.90. The van der Waals surface area contributed by atoms with E-state index in [4.69, 9.17) is 4.98 Å². The van der Waals surface area contributed by atoms with Gasteiger partial charge in [-0.3, -0.25) is 4.68 Å². The molecule has 1 atom stereocenters. The number of pyridine rings is 1. The third kappa shape index (κ3) is 7.60. The Bertz CT molecular complexity index is 1360. The first-order valence-corrected chi connectivity index (χ1v) is 15.0. The van der Waals surface area contributed by atoms with Crippen LogP contribution >= 0.6 is 0 Å². The highest BCUT2D eigenvalue weighted by Crippen LogP contribution is 2.21. The minimum absolute atomic E-state index is 0.0262. The number of aromatic nitrogens is 5. The van der Waals surface area contributed by atoms with Crippen molar-refractivity contribution >= 4 is 38.5 Å². The maximum Gasteiger partial charge on any atom is 0.326 e. The van der Waals surface area contributed by atoms with E-state index in [1.165, 1.54) is 18.1 Å². The monoisotopic (exact) mass is 544 g/mol. The molecule has 0 fully saturated rings. The first-order chi connectivity index (χ1) is 18.2. The first kappa shape index (κ1) is 27.7. The zero-order valence-electron chi connectivity index (χ0n) is 21.9. The van der Waals surface area contributed by atoms with Crippen LogP contribution < -0.4 is 10.6 Å². The third-order valence-corrected chi connectivity index (χ3v) is 7.68. The standard InChI is InChI=1S/C25H36N8O4S/c1-32-24-20(16-29-32)23(27-17-28-24)31-21(25(34)35)10-13-33(14-15-38(2,36)37)12-4-3-7-19-9-8-18-6-5-11-26-22(18)30-19/h8-9,16-17,21H,3-7,10-15H2,1-2H3,(H,26,30)(H,34,35)(H,27,28,31). The molecule has 13 heteroatoms. The van der Waals surface area contributed by atoms with Crippen LogP contribution in [0.3, 0.4) is 0 Å². The second-order valence-corrected chi connectivity index (χ2v) is 12.1. The van der Waals surface area contributed by atoms with Crippen molar-refractivity contribution in [3.63, 3.8) is 0 Å². The molecule has 12 nitrogen and oxygen atoms in total. The molecule has 0 radical (unpaired) electrons. The fraction of sp³-hybridized carbons (Fsp3) is 0.560. The average molecular weight is 545 g/mol. The van der Waals surface area contributed by atoms with Crippen LogP contribution in [0.4, 0.5) is 11.6 Å². The van der Waals surface area contributed by atoms with Crippen molar-refractivity contribution in [3.8, 4) is 0 Å². The maximum atomic E-state index is 12.0. The van der Waals surface area contributed by atoms with Gasteiger partial charge in [-0.25, -0.2) is 28.2 Å². The second kappa shape index (κ2) is 12.5. The molecule has 0 saturated heterocycles. The molecule has 206 valence electrons. The zero-order chi connectivity index (χ0) is 27.1. The Balaban J connectivity index is 1.33. The Morgan fingerprint density at radius 3 is 2.87 bits per heavy atom. The van der Waals surface area contributed by atoms with Crippen molar-refractivity contribution in [2.45, 2.75) is 44.6 Å². The summed E-state index contributed by atoms with van der Waals surface area (Å²) in [6.45, 7) is 2.41. The highest BCUT2D eigenvalue weighted by Gasteiger charge is 2.21. The number of rotatable bonds is 14. The van der Waals surface area contributed by atoms with Gasteiger partial charge >= 0.3 is 5.97 Å². The summed E-state index contributed by atoms with van der Waals surface area (Å²) in [4.78, 5) is 27.2. The number of nitrogens with one attached hydrogen (secondary N) is 2. The van der Waals surface area contributed by atoms with E-state index < -0.39 is 21.8 Å². The van der Waals surface area contributed by atoms with Crippen LogP contribution in [0, 0.1) is 0 Å². The summed E-state index contributed by atoms with van der Waals surface area (Å²) in [6.07, 6.45) is 9.25. The minimum atomic E-state index is -3.14. The summed E-state index contributed by atoms with van der Waals surface area (Å²) in [5, 5.41) is 21.0. The number of anilines is 2. The Labute approximate surface area is 222 Å². The molecular formula is C25H36N8O4S. The van der Waals surface area contributed by atoms with E-state index >= 15 is 0 Å². The number of carboxylic acids is 1. The van der Waals surface area contributed by atoms with Gasteiger partial charge in [-0.1, -0.05) is 6.07 Å². The molecule has 4 heterocycles. The fourth-order valence-electron chi connectivity index (χ4n) is 4.59. The minimum Gasteiger partial charge on any atom is -0.480 e. The highest BCUT2D eigenvalue weighted by atomic mass is 32.2. The molecule has 0 aromatic carbocycles. The Kier molecular flexibility index (Phi) is 9.10. The van der Waals surface area contributed by atoms with E-state index in [1.807, 2.05) is 4.90 Å². The summed E-state index contributed by atoms with van der Waals surface area (Å²) >= 11 is 0. The second-order valence-electron chi connectivity index (χ2n) is 9.82. The number of aryl methyl sites for hydroxylation is 3. The molecule has 3 N–H and O–H groups in total. The predicted molar refractivity (Wildman–Crippen MR) is 146 cm³/mol. The van der Waals surface area contributed by atoms with Crippen molar-refractivity contribution in [2.75, 3.05) is 48.8 Å². The van der Waals surface area contributed by atoms with E-state index in [0.717, 1.165) is 50.2 Å². The number of nitrogens with zero attached hydrogens (tertiary/aromatic N) is 6. The van der Waals surface area contributed by atoms with Crippen molar-refractivity contribution in [1.82, 2.24) is 29.6 Å². The van der Waals surface area contributed by atoms with Crippen LogP contribution in [-0.2, 0) is 34.5 Å². The van der Waals surface area contributed by atoms with E-state index in [2.05, 4.69) is 37.8 Å². The molecule has 38 heavy (non-hydrogen) atoms. The van der Waals surface area contributed by atoms with Crippen LogP contribution in [0.1, 0.15) is 36.9 Å². The topological polar surface area (TPSA) is 155 Å². The molecule has 0 saturated carbocycles. The smallest absolute Gasteiger partial charge is 0.326 e. The number of sulfone groups is 1. The molecule has 3 aromatic rings. The van der Waals surface area contributed by atoms with Gasteiger partial charge in [-0.2, -0.15) is 5.10 Å². The Morgan fingerprint density at radius 2 is 2.08 bits per heavy atom. The number of unbranched alkanes of at least 4 members (excludes halogenated alkanes) is 1. The number of aliphatic carboxylic acids is 1. The van der Waals surface area contributed by atoms with Crippen LogP contribution in [0.25, 0.3) is 11.0 Å². The summed E-state index contributed by atoms with van der Waals surface area (Å²) in [5.41, 5.74) is 2.91. The van der Waals surface area contributed by atoms with Gasteiger partial charge < -0.3 is 20.6 Å². The zero-order valence-corrected chi connectivity index (χ0v) is 22.7. The SMILES string of the molecule is Cn1ncc2c(NC(CCN(CCCCc3ccc4c(n3)NCCC4)CCS(C)(=O)=O)C(=O)O)ncnc21.